The van der Waals surface area contributed by atoms with Gasteiger partial charge in [0.1, 0.15) is 17.4 Å². The fourth-order valence-electron chi connectivity index (χ4n) is 2.61. The van der Waals surface area contributed by atoms with E-state index in [-0.39, 0.29) is 0 Å². The van der Waals surface area contributed by atoms with Crippen LogP contribution in [0.5, 0.6) is 5.75 Å². The van der Waals surface area contributed by atoms with E-state index in [0.29, 0.717) is 16.9 Å². The standard InChI is InChI=1S/C15H16O5/c1-15(2,17)14-13(18-3)11-9(19-14)6-4-8-5-7-10(16)20-12(8)11/h4-7,13-14,17H,1-3H3/t13-,14-/m0/s1. The molecule has 0 aliphatic carbocycles. The molecule has 0 saturated heterocycles. The highest BCUT2D eigenvalue weighted by molar-refractivity contribution is 5.83. The van der Waals surface area contributed by atoms with Gasteiger partial charge in [-0.3, -0.25) is 0 Å². The van der Waals surface area contributed by atoms with E-state index >= 15 is 0 Å². The molecular weight excluding hydrogens is 260 g/mol. The lowest BCUT2D eigenvalue weighted by atomic mass is 9.93. The lowest BCUT2D eigenvalue weighted by Gasteiger charge is -2.28. The molecule has 0 unspecified atom stereocenters. The van der Waals surface area contributed by atoms with E-state index in [1.54, 1.807) is 33.1 Å². The Bertz CT molecular complexity index is 710. The van der Waals surface area contributed by atoms with Crippen molar-refractivity contribution in [2.45, 2.75) is 31.7 Å². The van der Waals surface area contributed by atoms with Crippen molar-refractivity contribution in [3.63, 3.8) is 0 Å². The van der Waals surface area contributed by atoms with Gasteiger partial charge in [0.05, 0.1) is 11.2 Å². The Morgan fingerprint density at radius 2 is 1.95 bits per heavy atom. The Hall–Kier alpha value is -1.85. The molecule has 0 fully saturated rings. The van der Waals surface area contributed by atoms with Gasteiger partial charge in [-0.15, -0.1) is 0 Å². The Morgan fingerprint density at radius 1 is 1.25 bits per heavy atom. The molecule has 1 aromatic heterocycles. The number of hydrogen-bond acceptors (Lipinski definition) is 5. The molecule has 0 saturated carbocycles. The molecule has 5 heteroatoms. The van der Waals surface area contributed by atoms with E-state index in [1.807, 2.05) is 6.07 Å². The number of ether oxygens (including phenoxy) is 2. The summed E-state index contributed by atoms with van der Waals surface area (Å²) in [5, 5.41) is 11.0. The molecule has 20 heavy (non-hydrogen) atoms. The van der Waals surface area contributed by atoms with Crippen LogP contribution in [0.4, 0.5) is 0 Å². The average Bonchev–Trinajstić information content (AvgIpc) is 2.77. The van der Waals surface area contributed by atoms with Crippen LogP contribution in [0.25, 0.3) is 11.0 Å². The third-order valence-electron chi connectivity index (χ3n) is 3.55. The summed E-state index contributed by atoms with van der Waals surface area (Å²) in [5.74, 6) is 0.575. The zero-order valence-electron chi connectivity index (χ0n) is 11.5. The molecule has 0 bridgehead atoms. The molecule has 1 aliphatic heterocycles. The first-order chi connectivity index (χ1) is 9.41. The van der Waals surface area contributed by atoms with Crippen LogP contribution in [0.3, 0.4) is 0 Å². The lowest BCUT2D eigenvalue weighted by molar-refractivity contribution is -0.0881. The predicted molar refractivity (Wildman–Crippen MR) is 72.9 cm³/mol. The summed E-state index contributed by atoms with van der Waals surface area (Å²) in [7, 11) is 1.54. The van der Waals surface area contributed by atoms with Crippen LogP contribution in [0, 0.1) is 0 Å². The first-order valence-electron chi connectivity index (χ1n) is 6.40. The van der Waals surface area contributed by atoms with Gasteiger partial charge in [-0.25, -0.2) is 4.79 Å². The monoisotopic (exact) mass is 276 g/mol. The van der Waals surface area contributed by atoms with Crippen LogP contribution in [-0.2, 0) is 4.74 Å². The number of benzene rings is 1. The average molecular weight is 276 g/mol. The molecule has 2 aromatic rings. The van der Waals surface area contributed by atoms with Crippen molar-refractivity contribution >= 4 is 11.0 Å². The molecular formula is C15H16O5. The zero-order valence-corrected chi connectivity index (χ0v) is 11.5. The minimum absolute atomic E-state index is 0.424. The van der Waals surface area contributed by atoms with E-state index in [2.05, 4.69) is 0 Å². The fourth-order valence-corrected chi connectivity index (χ4v) is 2.61. The third kappa shape index (κ3) is 1.90. The number of fused-ring (bicyclic) bond motifs is 3. The highest BCUT2D eigenvalue weighted by Gasteiger charge is 2.45. The second-order valence-electron chi connectivity index (χ2n) is 5.50. The molecule has 1 aromatic carbocycles. The maximum atomic E-state index is 11.5. The second-order valence-corrected chi connectivity index (χ2v) is 5.50. The van der Waals surface area contributed by atoms with Crippen LogP contribution >= 0.6 is 0 Å². The molecule has 5 nitrogen and oxygen atoms in total. The molecule has 0 radical (unpaired) electrons. The SMILES string of the molecule is CO[C@H]1c2c(ccc3ccc(=O)oc23)O[C@@H]1C(C)(C)O. The zero-order chi connectivity index (χ0) is 14.5. The minimum atomic E-state index is -1.08. The van der Waals surface area contributed by atoms with Gasteiger partial charge >= 0.3 is 5.63 Å². The molecule has 2 heterocycles. The van der Waals surface area contributed by atoms with Gasteiger partial charge in [-0.05, 0) is 32.0 Å². The van der Waals surface area contributed by atoms with Crippen molar-refractivity contribution in [3.8, 4) is 5.75 Å². The van der Waals surface area contributed by atoms with Crippen molar-refractivity contribution < 1.29 is 19.0 Å². The van der Waals surface area contributed by atoms with Crippen LogP contribution in [-0.4, -0.2) is 23.9 Å². The predicted octanol–water partition coefficient (Wildman–Crippen LogP) is 2.01. The fraction of sp³-hybridized carbons (Fsp3) is 0.400. The number of hydrogen-bond donors (Lipinski definition) is 1. The lowest BCUT2D eigenvalue weighted by Crippen LogP contribution is -2.42. The summed E-state index contributed by atoms with van der Waals surface area (Å²) < 4.78 is 16.6. The molecule has 2 atom stereocenters. The number of methoxy groups -OCH3 is 1. The Balaban J connectivity index is 2.25. The van der Waals surface area contributed by atoms with E-state index < -0.39 is 23.4 Å². The minimum Gasteiger partial charge on any atom is -0.484 e. The largest absolute Gasteiger partial charge is 0.484 e. The van der Waals surface area contributed by atoms with Crippen LogP contribution < -0.4 is 10.4 Å². The third-order valence-corrected chi connectivity index (χ3v) is 3.55. The normalized spacial score (nSPS) is 21.8. The molecule has 106 valence electrons. The highest BCUT2D eigenvalue weighted by atomic mass is 16.6. The van der Waals surface area contributed by atoms with Gasteiger partial charge in [0, 0.05) is 18.6 Å². The van der Waals surface area contributed by atoms with Gasteiger partial charge < -0.3 is 19.0 Å². The van der Waals surface area contributed by atoms with Crippen LogP contribution in [0.15, 0.2) is 33.5 Å². The first kappa shape index (κ1) is 13.1. The van der Waals surface area contributed by atoms with Gasteiger partial charge in [0.15, 0.2) is 6.10 Å². The van der Waals surface area contributed by atoms with E-state index in [4.69, 9.17) is 13.9 Å². The molecule has 1 aliphatic rings. The molecule has 3 rings (SSSR count). The summed E-state index contributed by atoms with van der Waals surface area (Å²) in [6.07, 6.45) is -1.04. The van der Waals surface area contributed by atoms with Crippen LogP contribution in [0.2, 0.25) is 0 Å². The molecule has 1 N–H and O–H groups in total. The second kappa shape index (κ2) is 4.33. The Morgan fingerprint density at radius 3 is 2.60 bits per heavy atom. The van der Waals surface area contributed by atoms with Crippen molar-refractivity contribution in [1.82, 2.24) is 0 Å². The summed E-state index contributed by atoms with van der Waals surface area (Å²) in [6.45, 7) is 3.32. The van der Waals surface area contributed by atoms with E-state index in [1.165, 1.54) is 6.07 Å². The van der Waals surface area contributed by atoms with Gasteiger partial charge in [0.2, 0.25) is 0 Å². The van der Waals surface area contributed by atoms with Gasteiger partial charge in [-0.1, -0.05) is 0 Å². The molecule has 0 amide bonds. The van der Waals surface area contributed by atoms with Crippen molar-refractivity contribution in [3.05, 3.63) is 40.2 Å². The molecule has 0 spiro atoms. The highest BCUT2D eigenvalue weighted by Crippen LogP contribution is 2.45. The Labute approximate surface area is 115 Å². The summed E-state index contributed by atoms with van der Waals surface area (Å²) in [5.41, 5.74) is -0.378. The van der Waals surface area contributed by atoms with Crippen molar-refractivity contribution in [2.75, 3.05) is 7.11 Å². The summed E-state index contributed by atoms with van der Waals surface area (Å²) >= 11 is 0. The maximum Gasteiger partial charge on any atom is 0.336 e. The van der Waals surface area contributed by atoms with E-state index in [0.717, 1.165) is 5.39 Å². The first-order valence-corrected chi connectivity index (χ1v) is 6.40. The summed E-state index contributed by atoms with van der Waals surface area (Å²) in [4.78, 5) is 11.5. The topological polar surface area (TPSA) is 68.9 Å². The van der Waals surface area contributed by atoms with Gasteiger partial charge in [0.25, 0.3) is 0 Å². The number of rotatable bonds is 2. The Kier molecular flexibility index (Phi) is 2.84. The maximum absolute atomic E-state index is 11.5. The van der Waals surface area contributed by atoms with Gasteiger partial charge in [-0.2, -0.15) is 0 Å². The van der Waals surface area contributed by atoms with E-state index in [9.17, 15) is 9.90 Å². The quantitative estimate of drug-likeness (QED) is 0.850. The smallest absolute Gasteiger partial charge is 0.336 e. The van der Waals surface area contributed by atoms with Crippen molar-refractivity contribution in [2.24, 2.45) is 0 Å². The summed E-state index contributed by atoms with van der Waals surface area (Å²) in [6, 6.07) is 6.69. The number of aliphatic hydroxyl groups is 1. The van der Waals surface area contributed by atoms with Crippen molar-refractivity contribution in [1.29, 1.82) is 0 Å². The van der Waals surface area contributed by atoms with Crippen LogP contribution in [0.1, 0.15) is 25.5 Å².